The van der Waals surface area contributed by atoms with Gasteiger partial charge >= 0.3 is 6.09 Å². The normalized spacial score (nSPS) is 16.0. The lowest BCUT2D eigenvalue weighted by atomic mass is 10.1. The first-order valence-electron chi connectivity index (χ1n) is 9.20. The summed E-state index contributed by atoms with van der Waals surface area (Å²) in [6.07, 6.45) is 4.34. The number of aromatic nitrogens is 1. The summed E-state index contributed by atoms with van der Waals surface area (Å²) >= 11 is 0. The highest BCUT2D eigenvalue weighted by atomic mass is 16.6. The number of likely N-dealkylation sites (tertiary alicyclic amines) is 1. The molecule has 26 heavy (non-hydrogen) atoms. The largest absolute Gasteiger partial charge is 0.450 e. The highest BCUT2D eigenvalue weighted by Crippen LogP contribution is 2.18. The van der Waals surface area contributed by atoms with E-state index in [9.17, 15) is 4.79 Å². The minimum absolute atomic E-state index is 0.230. The zero-order valence-electron chi connectivity index (χ0n) is 15.2. The topological polar surface area (TPSA) is 95.7 Å². The number of ether oxygens (including phenoxy) is 1. The number of carbonyl (C=O) groups excluding carboxylic acids is 1. The van der Waals surface area contributed by atoms with Gasteiger partial charge in [0.05, 0.1) is 6.61 Å². The number of aromatic amines is 1. The SMILES string of the molecule is CCOC(=O)N1CCC(NC(N)=NCCc2c[nH]c3ccccc23)CC1. The Balaban J connectivity index is 1.44. The molecule has 1 fully saturated rings. The first kappa shape index (κ1) is 18.1. The molecule has 1 aliphatic heterocycles. The number of nitrogens with two attached hydrogens (primary N) is 1. The predicted molar refractivity (Wildman–Crippen MR) is 103 cm³/mol. The molecule has 2 aromatic rings. The van der Waals surface area contributed by atoms with E-state index < -0.39 is 0 Å². The van der Waals surface area contributed by atoms with Gasteiger partial charge in [0.15, 0.2) is 5.96 Å². The van der Waals surface area contributed by atoms with Crippen molar-refractivity contribution in [3.05, 3.63) is 36.0 Å². The Bertz CT molecular complexity index is 762. The Hall–Kier alpha value is -2.70. The summed E-state index contributed by atoms with van der Waals surface area (Å²) in [5, 5.41) is 4.51. The van der Waals surface area contributed by atoms with Crippen LogP contribution in [0.3, 0.4) is 0 Å². The number of nitrogens with one attached hydrogen (secondary N) is 2. The van der Waals surface area contributed by atoms with Crippen molar-refractivity contribution in [3.63, 3.8) is 0 Å². The number of hydrogen-bond donors (Lipinski definition) is 3. The van der Waals surface area contributed by atoms with Crippen LogP contribution in [-0.4, -0.2) is 54.2 Å². The molecule has 1 amide bonds. The van der Waals surface area contributed by atoms with E-state index in [1.165, 1.54) is 10.9 Å². The zero-order chi connectivity index (χ0) is 18.4. The third kappa shape index (κ3) is 4.47. The lowest BCUT2D eigenvalue weighted by Crippen LogP contribution is -2.48. The Morgan fingerprint density at radius 2 is 2.15 bits per heavy atom. The van der Waals surface area contributed by atoms with Gasteiger partial charge in [-0.3, -0.25) is 4.99 Å². The van der Waals surface area contributed by atoms with Gasteiger partial charge in [0.25, 0.3) is 0 Å². The van der Waals surface area contributed by atoms with E-state index in [0.29, 0.717) is 32.2 Å². The van der Waals surface area contributed by atoms with Crippen LogP contribution in [0.2, 0.25) is 0 Å². The fourth-order valence-corrected chi connectivity index (χ4v) is 3.31. The van der Waals surface area contributed by atoms with Crippen molar-refractivity contribution in [1.82, 2.24) is 15.2 Å². The van der Waals surface area contributed by atoms with Crippen LogP contribution in [-0.2, 0) is 11.2 Å². The maximum Gasteiger partial charge on any atom is 0.409 e. The second kappa shape index (κ2) is 8.60. The van der Waals surface area contributed by atoms with Gasteiger partial charge in [-0.2, -0.15) is 0 Å². The van der Waals surface area contributed by atoms with Gasteiger partial charge in [-0.25, -0.2) is 4.79 Å². The lowest BCUT2D eigenvalue weighted by Gasteiger charge is -2.31. The number of guanidine groups is 1. The standard InChI is InChI=1S/C19H27N5O2/c1-2-26-19(25)24-11-8-15(9-12-24)23-18(20)21-10-7-14-13-22-17-6-4-3-5-16(14)17/h3-6,13,15,22H,2,7-12H2,1H3,(H3,20,21,23). The number of para-hydroxylation sites is 1. The van der Waals surface area contributed by atoms with E-state index >= 15 is 0 Å². The summed E-state index contributed by atoms with van der Waals surface area (Å²) in [5.74, 6) is 0.472. The maximum atomic E-state index is 11.7. The maximum absolute atomic E-state index is 11.7. The minimum atomic E-state index is -0.230. The van der Waals surface area contributed by atoms with Crippen LogP contribution in [0, 0.1) is 0 Å². The van der Waals surface area contributed by atoms with Gasteiger partial charge in [-0.15, -0.1) is 0 Å². The molecule has 7 nitrogen and oxygen atoms in total. The molecular weight excluding hydrogens is 330 g/mol. The fourth-order valence-electron chi connectivity index (χ4n) is 3.31. The van der Waals surface area contributed by atoms with E-state index in [-0.39, 0.29) is 12.1 Å². The quantitative estimate of drug-likeness (QED) is 0.565. The molecule has 0 saturated carbocycles. The van der Waals surface area contributed by atoms with E-state index in [0.717, 1.165) is 24.8 Å². The first-order chi connectivity index (χ1) is 12.7. The van der Waals surface area contributed by atoms with Gasteiger partial charge in [-0.05, 0) is 37.8 Å². The molecule has 0 atom stereocenters. The molecule has 0 spiro atoms. The van der Waals surface area contributed by atoms with Crippen LogP contribution in [0.5, 0.6) is 0 Å². The third-order valence-electron chi connectivity index (χ3n) is 4.71. The van der Waals surface area contributed by atoms with Crippen molar-refractivity contribution in [2.45, 2.75) is 32.2 Å². The Kier molecular flexibility index (Phi) is 5.99. The number of amides is 1. The molecule has 4 N–H and O–H groups in total. The highest BCUT2D eigenvalue weighted by Gasteiger charge is 2.23. The summed E-state index contributed by atoms with van der Waals surface area (Å²) < 4.78 is 5.03. The number of H-pyrrole nitrogens is 1. The van der Waals surface area contributed by atoms with Crippen molar-refractivity contribution in [3.8, 4) is 0 Å². The molecule has 0 bridgehead atoms. The number of fused-ring (bicyclic) bond motifs is 1. The molecule has 0 unspecified atom stereocenters. The van der Waals surface area contributed by atoms with Crippen LogP contribution in [0.25, 0.3) is 10.9 Å². The van der Waals surface area contributed by atoms with Crippen LogP contribution in [0.1, 0.15) is 25.3 Å². The number of piperidine rings is 1. The molecule has 7 heteroatoms. The summed E-state index contributed by atoms with van der Waals surface area (Å²) in [6, 6.07) is 8.50. The number of rotatable bonds is 5. The van der Waals surface area contributed by atoms with E-state index in [4.69, 9.17) is 10.5 Å². The number of benzene rings is 1. The molecule has 2 heterocycles. The first-order valence-corrected chi connectivity index (χ1v) is 9.20. The zero-order valence-corrected chi connectivity index (χ0v) is 15.2. The minimum Gasteiger partial charge on any atom is -0.450 e. The summed E-state index contributed by atoms with van der Waals surface area (Å²) in [7, 11) is 0. The molecular formula is C19H27N5O2. The predicted octanol–water partition coefficient (Wildman–Crippen LogP) is 2.24. The Labute approximate surface area is 153 Å². The van der Waals surface area contributed by atoms with Gasteiger partial charge in [-0.1, -0.05) is 18.2 Å². The summed E-state index contributed by atoms with van der Waals surface area (Å²) in [6.45, 7) is 4.23. The van der Waals surface area contributed by atoms with Gasteiger partial charge in [0.2, 0.25) is 0 Å². The average molecular weight is 357 g/mol. The molecule has 140 valence electrons. The molecule has 1 saturated heterocycles. The van der Waals surface area contributed by atoms with Crippen molar-refractivity contribution in [1.29, 1.82) is 0 Å². The van der Waals surface area contributed by atoms with E-state index in [1.807, 2.05) is 25.3 Å². The number of hydrogen-bond acceptors (Lipinski definition) is 3. The Morgan fingerprint density at radius 3 is 2.92 bits per heavy atom. The number of carbonyl (C=O) groups is 1. The van der Waals surface area contributed by atoms with Crippen LogP contribution >= 0.6 is 0 Å². The second-order valence-electron chi connectivity index (χ2n) is 6.48. The van der Waals surface area contributed by atoms with Crippen molar-refractivity contribution in [2.75, 3.05) is 26.2 Å². The number of aliphatic imine (C=N–C) groups is 1. The van der Waals surface area contributed by atoms with Crippen molar-refractivity contribution < 1.29 is 9.53 Å². The smallest absolute Gasteiger partial charge is 0.409 e. The Morgan fingerprint density at radius 1 is 1.38 bits per heavy atom. The molecule has 3 rings (SSSR count). The van der Waals surface area contributed by atoms with Crippen LogP contribution < -0.4 is 11.1 Å². The second-order valence-corrected chi connectivity index (χ2v) is 6.48. The van der Waals surface area contributed by atoms with Gasteiger partial charge < -0.3 is 25.7 Å². The molecule has 0 aliphatic carbocycles. The average Bonchev–Trinajstić information content (AvgIpc) is 3.06. The molecule has 0 radical (unpaired) electrons. The number of nitrogens with zero attached hydrogens (tertiary/aromatic N) is 2. The van der Waals surface area contributed by atoms with E-state index in [1.54, 1.807) is 4.90 Å². The summed E-state index contributed by atoms with van der Waals surface area (Å²) in [4.78, 5) is 21.2. The van der Waals surface area contributed by atoms with Crippen LogP contribution in [0.4, 0.5) is 4.79 Å². The fraction of sp³-hybridized carbons (Fsp3) is 0.474. The third-order valence-corrected chi connectivity index (χ3v) is 4.71. The van der Waals surface area contributed by atoms with Crippen molar-refractivity contribution >= 4 is 23.0 Å². The van der Waals surface area contributed by atoms with E-state index in [2.05, 4.69) is 27.4 Å². The molecule has 1 aromatic heterocycles. The monoisotopic (exact) mass is 357 g/mol. The molecule has 1 aliphatic rings. The highest BCUT2D eigenvalue weighted by molar-refractivity contribution is 5.83. The lowest BCUT2D eigenvalue weighted by molar-refractivity contribution is 0.0963. The summed E-state index contributed by atoms with van der Waals surface area (Å²) in [5.41, 5.74) is 8.42. The molecule has 1 aromatic carbocycles. The van der Waals surface area contributed by atoms with Gasteiger partial charge in [0, 0.05) is 42.8 Å². The van der Waals surface area contributed by atoms with Crippen molar-refractivity contribution in [2.24, 2.45) is 10.7 Å². The van der Waals surface area contributed by atoms with Crippen LogP contribution in [0.15, 0.2) is 35.5 Å². The van der Waals surface area contributed by atoms with Gasteiger partial charge in [0.1, 0.15) is 0 Å².